The third kappa shape index (κ3) is 30.6. The lowest BCUT2D eigenvalue weighted by molar-refractivity contribution is -0.220. The van der Waals surface area contributed by atoms with Gasteiger partial charge >= 0.3 is 19.8 Å². The highest BCUT2D eigenvalue weighted by Crippen LogP contribution is 2.47. The minimum absolute atomic E-state index is 0.0345. The molecule has 65 heavy (non-hydrogen) atoms. The van der Waals surface area contributed by atoms with Gasteiger partial charge in [0.05, 0.1) is 18.8 Å². The van der Waals surface area contributed by atoms with Crippen LogP contribution in [0.5, 0.6) is 0 Å². The monoisotopic (exact) mass is 939 g/mol. The van der Waals surface area contributed by atoms with Crippen LogP contribution in [-0.2, 0) is 32.7 Å². The van der Waals surface area contributed by atoms with Gasteiger partial charge in [-0.3, -0.25) is 18.6 Å². The second-order valence-corrected chi connectivity index (χ2v) is 17.4. The number of carbonyl (C=O) groups excluding carboxylic acids is 2. The second-order valence-electron chi connectivity index (χ2n) is 15.9. The minimum atomic E-state index is -5.20. The third-order valence-corrected chi connectivity index (χ3v) is 11.1. The van der Waals surface area contributed by atoms with Crippen LogP contribution < -0.4 is 0 Å². The van der Waals surface area contributed by atoms with Crippen molar-refractivity contribution in [3.8, 4) is 0 Å². The van der Waals surface area contributed by atoms with Crippen LogP contribution in [0.2, 0.25) is 0 Å². The van der Waals surface area contributed by atoms with Gasteiger partial charge in [-0.1, -0.05) is 143 Å². The summed E-state index contributed by atoms with van der Waals surface area (Å²) in [4.78, 5) is 35.7. The largest absolute Gasteiger partial charge is 0.472 e. The Hall–Kier alpha value is -3.31. The van der Waals surface area contributed by atoms with Gasteiger partial charge in [-0.25, -0.2) is 4.57 Å². The highest BCUT2D eigenvalue weighted by molar-refractivity contribution is 7.47. The molecule has 1 fully saturated rings. The Balaban J connectivity index is 2.62. The molecule has 0 aromatic heterocycles. The lowest BCUT2D eigenvalue weighted by atomic mass is 9.85. The lowest BCUT2D eigenvalue weighted by Gasteiger charge is -2.41. The molecule has 0 aliphatic heterocycles. The van der Waals surface area contributed by atoms with Gasteiger partial charge in [-0.2, -0.15) is 0 Å². The quantitative estimate of drug-likeness (QED) is 0.0104. The van der Waals surface area contributed by atoms with Gasteiger partial charge in [0.25, 0.3) is 0 Å². The van der Waals surface area contributed by atoms with Crippen LogP contribution in [0.1, 0.15) is 129 Å². The summed E-state index contributed by atoms with van der Waals surface area (Å²) in [5.41, 5.74) is 0. The van der Waals surface area contributed by atoms with Crippen LogP contribution in [0.4, 0.5) is 0 Å². The molecule has 8 N–H and O–H groups in total. The molecule has 0 aromatic carbocycles. The molecular weight excluding hydrogens is 859 g/mol. The molecule has 16 heteroatoms. The van der Waals surface area contributed by atoms with Gasteiger partial charge in [0.2, 0.25) is 0 Å². The van der Waals surface area contributed by atoms with E-state index in [-0.39, 0.29) is 25.7 Å². The zero-order valence-corrected chi connectivity index (χ0v) is 39.4. The van der Waals surface area contributed by atoms with E-state index in [1.165, 1.54) is 19.3 Å². The van der Waals surface area contributed by atoms with E-state index >= 15 is 0 Å². The Morgan fingerprint density at radius 1 is 0.554 bits per heavy atom. The van der Waals surface area contributed by atoms with Crippen molar-refractivity contribution >= 4 is 19.8 Å². The zero-order chi connectivity index (χ0) is 48.1. The molecule has 1 aliphatic rings. The van der Waals surface area contributed by atoms with Crippen molar-refractivity contribution in [2.24, 2.45) is 0 Å². The van der Waals surface area contributed by atoms with E-state index in [0.29, 0.717) is 19.3 Å². The van der Waals surface area contributed by atoms with E-state index in [1.807, 2.05) is 36.5 Å². The molecule has 10 atom stereocenters. The van der Waals surface area contributed by atoms with E-state index in [4.69, 9.17) is 18.5 Å². The maximum atomic E-state index is 12.8. The summed E-state index contributed by atoms with van der Waals surface area (Å²) in [5, 5.41) is 70.3. The molecule has 0 aromatic rings. The minimum Gasteiger partial charge on any atom is -0.462 e. The number of esters is 2. The number of carbonyl (C=O) groups is 2. The van der Waals surface area contributed by atoms with Gasteiger partial charge in [-0.05, 0) is 70.6 Å². The summed E-state index contributed by atoms with van der Waals surface area (Å²) in [7, 11) is -5.20. The first kappa shape index (κ1) is 59.7. The molecule has 0 bridgehead atoms. The molecule has 0 saturated heterocycles. The zero-order valence-electron chi connectivity index (χ0n) is 38.5. The fourth-order valence-corrected chi connectivity index (χ4v) is 7.23. The first-order chi connectivity index (χ1) is 31.2. The third-order valence-electron chi connectivity index (χ3n) is 10.1. The predicted octanol–water partition coefficient (Wildman–Crippen LogP) is 6.99. The van der Waals surface area contributed by atoms with Crippen molar-refractivity contribution in [1.29, 1.82) is 0 Å². The number of phosphoric ester groups is 1. The summed E-state index contributed by atoms with van der Waals surface area (Å²) < 4.78 is 33.3. The number of hydrogen-bond acceptors (Lipinski definition) is 14. The predicted molar refractivity (Wildman–Crippen MR) is 251 cm³/mol. The first-order valence-electron chi connectivity index (χ1n) is 23.3. The van der Waals surface area contributed by atoms with Gasteiger partial charge in [-0.15, -0.1) is 0 Å². The van der Waals surface area contributed by atoms with E-state index in [9.17, 15) is 54.8 Å². The molecular formula is C49H79O15P. The van der Waals surface area contributed by atoms with Crippen molar-refractivity contribution in [2.45, 2.75) is 184 Å². The molecule has 1 rings (SSSR count). The smallest absolute Gasteiger partial charge is 0.462 e. The normalized spacial score (nSPS) is 23.3. The molecule has 370 valence electrons. The fraction of sp³-hybridized carbons (Fsp3) is 0.633. The number of allylic oxidation sites excluding steroid dienone is 14. The van der Waals surface area contributed by atoms with Crippen LogP contribution in [0, 0.1) is 0 Å². The molecule has 15 nitrogen and oxygen atoms in total. The SMILES string of the molecule is CCCCC/C=C\C/C=C\C/C=C\C/C=C\CCCC(=O)O[C@H](COC(=O)CCC[C@@H](O)/C=C/C=C\C/C=C\C=C\[C@@H](O)CCCCC)COP(=O)(O)OC1[C@H](O)[C@H](O)C(O)[C@H](O)[C@H]1O. The number of unbranched alkanes of at least 4 members (excludes halogenated alkanes) is 6. The van der Waals surface area contributed by atoms with E-state index in [2.05, 4.69) is 50.3 Å². The standard InChI is InChI=1S/C49H79O15P/c1-3-5-7-8-9-10-11-12-13-14-15-16-17-18-22-25-29-35-43(53)63-41(38-62-65(59,60)64-49-47(57)45(55)44(54)46(56)48(49)58)37-61-42(52)36-30-34-40(51)33-28-24-21-19-20-23-27-32-39(50)31-26-6-4-2/h9-10,12-13,15-16,18,20-24,27-28,32-33,39-41,44-51,54-58H,3-8,11,14,17,19,25-26,29-31,34-38H2,1-2H3,(H,59,60)/b10-9-,13-12-,16-15-,22-18-,23-20-,24-21-,32-27+,33-28+/t39-,40-,41+,44?,45-,46+,47+,48+,49?/m0/s1. The molecule has 0 amide bonds. The Morgan fingerprint density at radius 3 is 1.57 bits per heavy atom. The van der Waals surface area contributed by atoms with Crippen LogP contribution in [0.25, 0.3) is 0 Å². The highest BCUT2D eigenvalue weighted by atomic mass is 31.2. The first-order valence-corrected chi connectivity index (χ1v) is 24.8. The number of hydrogen-bond donors (Lipinski definition) is 8. The molecule has 0 heterocycles. The number of ether oxygens (including phenoxy) is 2. The molecule has 0 spiro atoms. The van der Waals surface area contributed by atoms with Crippen molar-refractivity contribution < 1.29 is 73.3 Å². The Bertz CT molecular complexity index is 1540. The Morgan fingerprint density at radius 2 is 1.02 bits per heavy atom. The lowest BCUT2D eigenvalue weighted by Crippen LogP contribution is -2.64. The maximum absolute atomic E-state index is 12.8. The number of rotatable bonds is 36. The van der Waals surface area contributed by atoms with Crippen LogP contribution in [-0.4, -0.2) is 121 Å². The second kappa shape index (κ2) is 37.7. The fourth-order valence-electron chi connectivity index (χ4n) is 6.26. The van der Waals surface area contributed by atoms with Crippen molar-refractivity contribution in [2.75, 3.05) is 13.2 Å². The number of aliphatic hydroxyl groups is 7. The topological polar surface area (TPSA) is 250 Å². The van der Waals surface area contributed by atoms with Crippen molar-refractivity contribution in [3.63, 3.8) is 0 Å². The highest BCUT2D eigenvalue weighted by Gasteiger charge is 2.51. The molecule has 3 unspecified atom stereocenters. The van der Waals surface area contributed by atoms with E-state index in [1.54, 1.807) is 24.3 Å². The molecule has 1 saturated carbocycles. The van der Waals surface area contributed by atoms with Crippen LogP contribution in [0.15, 0.2) is 97.2 Å². The van der Waals surface area contributed by atoms with Crippen molar-refractivity contribution in [1.82, 2.24) is 0 Å². The summed E-state index contributed by atoms with van der Waals surface area (Å²) in [5.74, 6) is -1.40. The van der Waals surface area contributed by atoms with Crippen molar-refractivity contribution in [3.05, 3.63) is 97.2 Å². The van der Waals surface area contributed by atoms with Gasteiger partial charge in [0.1, 0.15) is 43.2 Å². The van der Waals surface area contributed by atoms with Gasteiger partial charge in [0, 0.05) is 12.8 Å². The average molecular weight is 939 g/mol. The summed E-state index contributed by atoms with van der Waals surface area (Å²) in [6.07, 6.45) is 29.5. The maximum Gasteiger partial charge on any atom is 0.472 e. The van der Waals surface area contributed by atoms with E-state index < -0.39 is 87.9 Å². The number of aliphatic hydroxyl groups excluding tert-OH is 7. The van der Waals surface area contributed by atoms with Crippen LogP contribution in [0.3, 0.4) is 0 Å². The molecule has 0 radical (unpaired) electrons. The van der Waals surface area contributed by atoms with Crippen LogP contribution >= 0.6 is 7.82 Å². The Kier molecular flexibility index (Phi) is 34.7. The summed E-state index contributed by atoms with van der Waals surface area (Å²) >= 11 is 0. The van der Waals surface area contributed by atoms with Gasteiger partial charge in [0.15, 0.2) is 6.10 Å². The average Bonchev–Trinajstić information content (AvgIpc) is 3.28. The Labute approximate surface area is 386 Å². The van der Waals surface area contributed by atoms with Gasteiger partial charge < -0.3 is 50.1 Å². The summed E-state index contributed by atoms with van der Waals surface area (Å²) in [6, 6.07) is 0. The molecule has 1 aliphatic carbocycles. The summed E-state index contributed by atoms with van der Waals surface area (Å²) in [6.45, 7) is 2.91. The van der Waals surface area contributed by atoms with E-state index in [0.717, 1.165) is 51.4 Å². The number of phosphoric acid groups is 1.